The van der Waals surface area contributed by atoms with E-state index in [1.54, 1.807) is 12.1 Å². The zero-order valence-corrected chi connectivity index (χ0v) is 10.7. The Kier molecular flexibility index (Phi) is 3.39. The van der Waals surface area contributed by atoms with Crippen molar-refractivity contribution in [1.29, 1.82) is 0 Å². The summed E-state index contributed by atoms with van der Waals surface area (Å²) in [5.41, 5.74) is -0.0285. The lowest BCUT2D eigenvalue weighted by Gasteiger charge is -2.47. The number of carboxylic acids is 1. The predicted molar refractivity (Wildman–Crippen MR) is 66.7 cm³/mol. The number of halogens is 1. The Morgan fingerprint density at radius 2 is 2.11 bits per heavy atom. The first-order chi connectivity index (χ1) is 8.47. The van der Waals surface area contributed by atoms with Gasteiger partial charge in [0.05, 0.1) is 11.5 Å². The summed E-state index contributed by atoms with van der Waals surface area (Å²) in [4.78, 5) is 13.5. The lowest BCUT2D eigenvalue weighted by Crippen LogP contribution is -2.48. The molecule has 1 aliphatic carbocycles. The highest BCUT2D eigenvalue weighted by molar-refractivity contribution is 5.77. The Labute approximate surface area is 106 Å². The number of hydrogen-bond acceptors (Lipinski definition) is 2. The minimum atomic E-state index is -0.781. The summed E-state index contributed by atoms with van der Waals surface area (Å²) >= 11 is 0. The number of carbonyl (C=O) groups is 1. The van der Waals surface area contributed by atoms with E-state index >= 15 is 0 Å². The molecule has 0 saturated heterocycles. The molecular formula is C14H18FNO2. The second-order valence-electron chi connectivity index (χ2n) is 5.24. The number of hydrogen-bond donors (Lipinski definition) is 1. The van der Waals surface area contributed by atoms with Crippen molar-refractivity contribution >= 4 is 5.97 Å². The van der Waals surface area contributed by atoms with Crippen molar-refractivity contribution in [3.05, 3.63) is 35.6 Å². The fraction of sp³-hybridized carbons (Fsp3) is 0.500. The van der Waals surface area contributed by atoms with E-state index in [1.807, 2.05) is 19.0 Å². The van der Waals surface area contributed by atoms with Gasteiger partial charge < -0.3 is 10.0 Å². The fourth-order valence-corrected chi connectivity index (χ4v) is 2.95. The SMILES string of the molecule is CN(C)C(c1cccc(F)c1)C1(C(=O)O)CCC1. The topological polar surface area (TPSA) is 40.5 Å². The molecule has 1 fully saturated rings. The smallest absolute Gasteiger partial charge is 0.311 e. The van der Waals surface area contributed by atoms with Crippen LogP contribution in [0.1, 0.15) is 30.9 Å². The molecule has 18 heavy (non-hydrogen) atoms. The predicted octanol–water partition coefficient (Wildman–Crippen LogP) is 2.68. The number of rotatable bonds is 4. The summed E-state index contributed by atoms with van der Waals surface area (Å²) in [5, 5.41) is 9.51. The van der Waals surface area contributed by atoms with Crippen LogP contribution in [0.5, 0.6) is 0 Å². The molecule has 0 amide bonds. The molecule has 1 unspecified atom stereocenters. The van der Waals surface area contributed by atoms with E-state index < -0.39 is 11.4 Å². The maximum Gasteiger partial charge on any atom is 0.311 e. The average molecular weight is 251 g/mol. The molecule has 2 rings (SSSR count). The molecule has 0 radical (unpaired) electrons. The van der Waals surface area contributed by atoms with Gasteiger partial charge in [-0.05, 0) is 44.6 Å². The van der Waals surface area contributed by atoms with Crippen LogP contribution in [0.25, 0.3) is 0 Å². The van der Waals surface area contributed by atoms with Gasteiger partial charge in [-0.15, -0.1) is 0 Å². The summed E-state index contributed by atoms with van der Waals surface area (Å²) in [7, 11) is 3.69. The van der Waals surface area contributed by atoms with E-state index in [9.17, 15) is 14.3 Å². The molecule has 0 heterocycles. The van der Waals surface area contributed by atoms with E-state index in [4.69, 9.17) is 0 Å². The highest BCUT2D eigenvalue weighted by Gasteiger charge is 2.52. The van der Waals surface area contributed by atoms with Gasteiger partial charge in [-0.1, -0.05) is 18.6 Å². The molecule has 98 valence electrons. The Bertz CT molecular complexity index is 455. The third-order valence-corrected chi connectivity index (χ3v) is 3.88. The lowest BCUT2D eigenvalue weighted by atomic mass is 9.62. The molecule has 0 aromatic heterocycles. The van der Waals surface area contributed by atoms with Gasteiger partial charge in [-0.2, -0.15) is 0 Å². The summed E-state index contributed by atoms with van der Waals surface area (Å²) in [6, 6.07) is 5.98. The molecule has 4 heteroatoms. The molecule has 3 nitrogen and oxygen atoms in total. The Morgan fingerprint density at radius 1 is 1.44 bits per heavy atom. The van der Waals surface area contributed by atoms with Crippen LogP contribution in [-0.2, 0) is 4.79 Å². The maximum atomic E-state index is 13.3. The van der Waals surface area contributed by atoms with E-state index in [1.165, 1.54) is 12.1 Å². The molecule has 1 saturated carbocycles. The minimum absolute atomic E-state index is 0.278. The third kappa shape index (κ3) is 2.01. The van der Waals surface area contributed by atoms with Crippen molar-refractivity contribution in [3.63, 3.8) is 0 Å². The Balaban J connectivity index is 2.43. The Morgan fingerprint density at radius 3 is 2.50 bits per heavy atom. The first-order valence-electron chi connectivity index (χ1n) is 6.13. The molecule has 1 atom stereocenters. The van der Waals surface area contributed by atoms with Gasteiger partial charge in [0.1, 0.15) is 5.82 Å². The molecule has 1 N–H and O–H groups in total. The summed E-state index contributed by atoms with van der Waals surface area (Å²) < 4.78 is 13.3. The molecule has 1 aliphatic rings. The summed E-state index contributed by atoms with van der Waals surface area (Å²) in [6.07, 6.45) is 2.23. The van der Waals surface area contributed by atoms with Gasteiger partial charge in [-0.25, -0.2) is 4.39 Å². The molecule has 1 aromatic carbocycles. The number of carboxylic acid groups (broad SMARTS) is 1. The quantitative estimate of drug-likeness (QED) is 0.894. The van der Waals surface area contributed by atoms with Crippen LogP contribution in [0.2, 0.25) is 0 Å². The third-order valence-electron chi connectivity index (χ3n) is 3.88. The highest BCUT2D eigenvalue weighted by Crippen LogP contribution is 2.52. The normalized spacial score (nSPS) is 19.3. The van der Waals surface area contributed by atoms with Crippen molar-refractivity contribution in [1.82, 2.24) is 4.90 Å². The average Bonchev–Trinajstić information content (AvgIpc) is 2.21. The van der Waals surface area contributed by atoms with E-state index in [0.29, 0.717) is 12.8 Å². The van der Waals surface area contributed by atoms with Gasteiger partial charge >= 0.3 is 5.97 Å². The number of nitrogens with zero attached hydrogens (tertiary/aromatic N) is 1. The largest absolute Gasteiger partial charge is 0.481 e. The van der Waals surface area contributed by atoms with Crippen LogP contribution in [0.15, 0.2) is 24.3 Å². The van der Waals surface area contributed by atoms with Gasteiger partial charge in [-0.3, -0.25) is 4.79 Å². The highest BCUT2D eigenvalue weighted by atomic mass is 19.1. The van der Waals surface area contributed by atoms with Crippen LogP contribution in [-0.4, -0.2) is 30.1 Å². The first kappa shape index (κ1) is 13.0. The van der Waals surface area contributed by atoms with Crippen molar-refractivity contribution in [3.8, 4) is 0 Å². The molecule has 0 aliphatic heterocycles. The molecule has 0 spiro atoms. The van der Waals surface area contributed by atoms with Crippen LogP contribution >= 0.6 is 0 Å². The van der Waals surface area contributed by atoms with Gasteiger partial charge in [0.25, 0.3) is 0 Å². The van der Waals surface area contributed by atoms with Gasteiger partial charge in [0, 0.05) is 0 Å². The van der Waals surface area contributed by atoms with Crippen LogP contribution in [0.4, 0.5) is 4.39 Å². The van der Waals surface area contributed by atoms with E-state index in [2.05, 4.69) is 0 Å². The molecule has 0 bridgehead atoms. The van der Waals surface area contributed by atoms with Crippen molar-refractivity contribution in [2.45, 2.75) is 25.3 Å². The molecular weight excluding hydrogens is 233 g/mol. The van der Waals surface area contributed by atoms with Crippen LogP contribution in [0.3, 0.4) is 0 Å². The maximum absolute atomic E-state index is 13.3. The zero-order valence-electron chi connectivity index (χ0n) is 10.7. The van der Waals surface area contributed by atoms with Crippen molar-refractivity contribution < 1.29 is 14.3 Å². The molecule has 1 aromatic rings. The summed E-state index contributed by atoms with van der Waals surface area (Å²) in [5.74, 6) is -1.10. The summed E-state index contributed by atoms with van der Waals surface area (Å²) in [6.45, 7) is 0. The standard InChI is InChI=1S/C14H18FNO2/c1-16(2)12(10-5-3-6-11(15)9-10)14(13(17)18)7-4-8-14/h3,5-6,9,12H,4,7-8H2,1-2H3,(H,17,18). The van der Waals surface area contributed by atoms with Crippen LogP contribution in [0, 0.1) is 11.2 Å². The lowest BCUT2D eigenvalue weighted by molar-refractivity contribution is -0.161. The Hall–Kier alpha value is -1.42. The minimum Gasteiger partial charge on any atom is -0.481 e. The van der Waals surface area contributed by atoms with E-state index in [0.717, 1.165) is 12.0 Å². The van der Waals surface area contributed by atoms with Crippen molar-refractivity contribution in [2.24, 2.45) is 5.41 Å². The number of aliphatic carboxylic acids is 1. The van der Waals surface area contributed by atoms with Gasteiger partial charge in [0.2, 0.25) is 0 Å². The second-order valence-corrected chi connectivity index (χ2v) is 5.24. The van der Waals surface area contributed by atoms with Gasteiger partial charge in [0.15, 0.2) is 0 Å². The zero-order chi connectivity index (χ0) is 13.3. The monoisotopic (exact) mass is 251 g/mol. The van der Waals surface area contributed by atoms with Crippen molar-refractivity contribution in [2.75, 3.05) is 14.1 Å². The number of benzene rings is 1. The van der Waals surface area contributed by atoms with Crippen LogP contribution < -0.4 is 0 Å². The second kappa shape index (κ2) is 4.69. The fourth-order valence-electron chi connectivity index (χ4n) is 2.95. The first-order valence-corrected chi connectivity index (χ1v) is 6.13. The van der Waals surface area contributed by atoms with E-state index in [-0.39, 0.29) is 11.9 Å².